The molecule has 0 radical (unpaired) electrons. The molecular formula is C60H87Cl2N9O13S2. The molecule has 0 aliphatic heterocycles. The molecule has 0 spiro atoms. The number of aliphatic hydroxyl groups is 4. The van der Waals surface area contributed by atoms with E-state index >= 15 is 0 Å². The molecule has 8 atom stereocenters. The Bertz CT molecular complexity index is 2920. The Balaban J connectivity index is 1.27. The second kappa shape index (κ2) is 35.4. The van der Waals surface area contributed by atoms with E-state index in [1.54, 1.807) is 117 Å². The molecule has 0 saturated heterocycles. The van der Waals surface area contributed by atoms with Crippen molar-refractivity contribution < 1.29 is 58.3 Å². The van der Waals surface area contributed by atoms with Gasteiger partial charge in [0.25, 0.3) is 5.91 Å². The maximum atomic E-state index is 13.8. The van der Waals surface area contributed by atoms with Crippen molar-refractivity contribution >= 4 is 103 Å². The summed E-state index contributed by atoms with van der Waals surface area (Å²) in [6.45, 7) is 15.1. The van der Waals surface area contributed by atoms with Gasteiger partial charge in [0.15, 0.2) is 0 Å². The number of primary amides is 1. The summed E-state index contributed by atoms with van der Waals surface area (Å²) in [6.07, 6.45) is -2.43. The molecule has 22 nitrogen and oxygen atoms in total. The number of nitrogens with two attached hydrogens (primary N) is 1. The van der Waals surface area contributed by atoms with E-state index < -0.39 is 88.4 Å². The zero-order valence-electron chi connectivity index (χ0n) is 50.2. The van der Waals surface area contributed by atoms with E-state index in [9.17, 15) is 54.0 Å². The standard InChI is InChI=1S/C60H87Cl2N9O13S2/c1-36(2)50(53(78)70-46(16-13-25-66-56(63)81)52(77)68-41-20-18-38(19-21-41)34-83-57(82)69-42-22-23-44-37(3)28-49(75)84-47(44)30-42)71-48(74)17-10-9-11-24-65-55(80)60(8,62)35-59(7,54(79)67-32-43(73)33-72)31-45(61)39-14-12-15-40(29-39)51(76)64-26-27-85-86-58(4,5)6/h12,14-15,18-23,28-30,36,43,45-46,50,54-55,65,67,72-73,79-80H,9-11,13,16-17,24-27,31-35H2,1-8H3,(H,64,76)(H,68,77)(H,69,82)(H,70,78)(H,71,74)(H3,63,66,81). The van der Waals surface area contributed by atoms with Crippen LogP contribution < -0.4 is 53.9 Å². The number of carbonyl (C=O) groups is 6. The summed E-state index contributed by atoms with van der Waals surface area (Å²) in [5, 5.41) is 64.8. The minimum Gasteiger partial charge on any atom is -0.444 e. The van der Waals surface area contributed by atoms with E-state index in [0.717, 1.165) is 16.7 Å². The smallest absolute Gasteiger partial charge is 0.411 e. The SMILES string of the molecule is Cc1cc(=O)oc2cc(NC(=O)OCc3ccc(NC(=O)C(CCCNC(N)=O)NC(=O)C(NC(=O)CCCCCNC(O)C(C)(Cl)CC(C)(CC(Cl)c4cccc(C(=O)NCCSSC(C)(C)C)c4)C(O)NCC(O)CO)C(C)C)cc3)ccc12. The van der Waals surface area contributed by atoms with Crippen molar-refractivity contribution in [3.63, 3.8) is 0 Å². The highest BCUT2D eigenvalue weighted by Crippen LogP contribution is 2.45. The van der Waals surface area contributed by atoms with E-state index in [0.29, 0.717) is 66.0 Å². The van der Waals surface area contributed by atoms with Crippen LogP contribution >= 0.6 is 44.8 Å². The lowest BCUT2D eigenvalue weighted by Gasteiger charge is -2.43. The first-order valence-corrected chi connectivity index (χ1v) is 31.8. The number of fused-ring (bicyclic) bond motifs is 1. The molecule has 1 heterocycles. The predicted molar refractivity (Wildman–Crippen MR) is 340 cm³/mol. The second-order valence-electron chi connectivity index (χ2n) is 23.1. The van der Waals surface area contributed by atoms with Crippen LogP contribution in [0.25, 0.3) is 11.0 Å². The Morgan fingerprint density at radius 2 is 1.50 bits per heavy atom. The van der Waals surface area contributed by atoms with Gasteiger partial charge in [0.05, 0.1) is 23.0 Å². The van der Waals surface area contributed by atoms with Crippen molar-refractivity contribution in [1.82, 2.24) is 31.9 Å². The van der Waals surface area contributed by atoms with E-state index in [1.807, 2.05) is 0 Å². The number of anilines is 2. The number of aryl methyl sites for hydroxylation is 1. The molecule has 7 amide bonds. The molecule has 0 bridgehead atoms. The third-order valence-corrected chi connectivity index (χ3v) is 17.8. The maximum absolute atomic E-state index is 13.8. The number of halogens is 2. The lowest BCUT2D eigenvalue weighted by Crippen LogP contribution is -2.54. The van der Waals surface area contributed by atoms with Crippen LogP contribution in [0.2, 0.25) is 0 Å². The summed E-state index contributed by atoms with van der Waals surface area (Å²) >= 11 is 14.1. The van der Waals surface area contributed by atoms with E-state index in [2.05, 4.69) is 63.3 Å². The first-order chi connectivity index (χ1) is 40.5. The molecular weight excluding hydrogens is 1190 g/mol. The van der Waals surface area contributed by atoms with E-state index in [4.69, 9.17) is 38.1 Å². The molecule has 0 saturated carbocycles. The second-order valence-corrected chi connectivity index (χ2v) is 27.8. The van der Waals surface area contributed by atoms with Gasteiger partial charge in [-0.25, -0.2) is 14.4 Å². The zero-order chi connectivity index (χ0) is 63.8. The molecule has 0 aliphatic rings. The fourth-order valence-electron chi connectivity index (χ4n) is 9.14. The molecule has 476 valence electrons. The Hall–Kier alpha value is -5.67. The number of aliphatic hydroxyl groups excluding tert-OH is 4. The van der Waals surface area contributed by atoms with Crippen LogP contribution in [0.3, 0.4) is 0 Å². The lowest BCUT2D eigenvalue weighted by atomic mass is 9.74. The lowest BCUT2D eigenvalue weighted by molar-refractivity contribution is -0.132. The minimum atomic E-state index is -1.38. The number of benzene rings is 3. The van der Waals surface area contributed by atoms with Crippen LogP contribution in [0.4, 0.5) is 21.0 Å². The van der Waals surface area contributed by atoms with Gasteiger partial charge in [-0.05, 0) is 118 Å². The van der Waals surface area contributed by atoms with E-state index in [-0.39, 0.29) is 68.4 Å². The largest absolute Gasteiger partial charge is 0.444 e. The molecule has 1 aromatic heterocycles. The Labute approximate surface area is 521 Å². The molecule has 8 unspecified atom stereocenters. The van der Waals surface area contributed by atoms with Gasteiger partial charge in [-0.3, -0.25) is 35.1 Å². The van der Waals surface area contributed by atoms with Gasteiger partial charge in [0, 0.05) is 76.4 Å². The minimum absolute atomic E-state index is 0.00433. The average molecular weight is 1280 g/mol. The number of hydrogen-bond acceptors (Lipinski definition) is 17. The normalized spacial score (nSPS) is 15.2. The maximum Gasteiger partial charge on any atom is 0.411 e. The number of nitrogens with one attached hydrogen (secondary N) is 8. The summed E-state index contributed by atoms with van der Waals surface area (Å²) in [6, 6.07) is 16.8. The van der Waals surface area contributed by atoms with Gasteiger partial charge in [-0.1, -0.05) is 93.8 Å². The molecule has 14 N–H and O–H groups in total. The van der Waals surface area contributed by atoms with Crippen molar-refractivity contribution in [3.05, 3.63) is 105 Å². The van der Waals surface area contributed by atoms with Gasteiger partial charge < -0.3 is 61.9 Å². The molecule has 3 aromatic carbocycles. The number of carbonyl (C=O) groups excluding carboxylic acids is 6. The number of amides is 7. The Kier molecular flexibility index (Phi) is 29.9. The van der Waals surface area contributed by atoms with Crippen LogP contribution in [0.5, 0.6) is 0 Å². The molecule has 0 fully saturated rings. The van der Waals surface area contributed by atoms with Crippen molar-refractivity contribution in [2.45, 2.75) is 159 Å². The van der Waals surface area contributed by atoms with Crippen LogP contribution in [-0.4, -0.2) is 135 Å². The Morgan fingerprint density at radius 3 is 2.17 bits per heavy atom. The van der Waals surface area contributed by atoms with Crippen molar-refractivity contribution in [2.75, 3.05) is 49.2 Å². The number of unbranched alkanes of at least 4 members (excludes halogenated alkanes) is 2. The predicted octanol–water partition coefficient (Wildman–Crippen LogP) is 7.27. The zero-order valence-corrected chi connectivity index (χ0v) is 53.3. The van der Waals surface area contributed by atoms with Crippen molar-refractivity contribution in [1.29, 1.82) is 0 Å². The van der Waals surface area contributed by atoms with Crippen LogP contribution in [0.15, 0.2) is 82.0 Å². The summed E-state index contributed by atoms with van der Waals surface area (Å²) < 4.78 is 10.7. The van der Waals surface area contributed by atoms with E-state index in [1.165, 1.54) is 12.1 Å². The van der Waals surface area contributed by atoms with Gasteiger partial charge in [0.2, 0.25) is 17.7 Å². The number of urea groups is 1. The van der Waals surface area contributed by atoms with Gasteiger partial charge in [-0.15, -0.1) is 23.2 Å². The Morgan fingerprint density at radius 1 is 0.791 bits per heavy atom. The average Bonchev–Trinajstić information content (AvgIpc) is 3.65. The monoisotopic (exact) mass is 1280 g/mol. The van der Waals surface area contributed by atoms with Crippen LogP contribution in [-0.2, 0) is 25.7 Å². The van der Waals surface area contributed by atoms with Crippen LogP contribution in [0.1, 0.15) is 132 Å². The van der Waals surface area contributed by atoms with Crippen molar-refractivity contribution in [2.24, 2.45) is 17.1 Å². The molecule has 26 heteroatoms. The first kappa shape index (κ1) is 72.8. The highest BCUT2D eigenvalue weighted by Gasteiger charge is 2.44. The van der Waals surface area contributed by atoms with Gasteiger partial charge >= 0.3 is 17.7 Å². The third kappa shape index (κ3) is 25.6. The quantitative estimate of drug-likeness (QED) is 0.00700. The fraction of sp³-hybridized carbons (Fsp3) is 0.550. The van der Waals surface area contributed by atoms with Crippen molar-refractivity contribution in [3.8, 4) is 0 Å². The highest BCUT2D eigenvalue weighted by atomic mass is 35.5. The summed E-state index contributed by atoms with van der Waals surface area (Å²) in [4.78, 5) is 88.3. The highest BCUT2D eigenvalue weighted by molar-refractivity contribution is 8.77. The summed E-state index contributed by atoms with van der Waals surface area (Å²) in [5.41, 5.74) is 7.01. The summed E-state index contributed by atoms with van der Waals surface area (Å²) in [5.74, 6) is -1.46. The van der Waals surface area contributed by atoms with Crippen LogP contribution in [0, 0.1) is 18.3 Å². The third-order valence-electron chi connectivity index (χ3n) is 13.7. The molecule has 86 heavy (non-hydrogen) atoms. The molecule has 4 rings (SSSR count). The number of ether oxygens (including phenoxy) is 1. The fourth-order valence-corrected chi connectivity index (χ4v) is 12.2. The van der Waals surface area contributed by atoms with Gasteiger partial charge in [-0.2, -0.15) is 0 Å². The number of rotatable bonds is 36. The molecule has 4 aromatic rings. The number of hydrogen-bond donors (Lipinski definition) is 13. The van der Waals surface area contributed by atoms with Gasteiger partial charge in [0.1, 0.15) is 36.7 Å². The summed E-state index contributed by atoms with van der Waals surface area (Å²) in [7, 11) is 3.42. The number of alkyl halides is 2. The molecule has 0 aliphatic carbocycles. The topological polar surface area (TPSA) is 345 Å². The first-order valence-electron chi connectivity index (χ1n) is 28.6.